The van der Waals surface area contributed by atoms with Gasteiger partial charge in [0.25, 0.3) is 0 Å². The number of carbonyl (C=O) groups is 2. The van der Waals surface area contributed by atoms with Crippen LogP contribution in [0.5, 0.6) is 0 Å². The van der Waals surface area contributed by atoms with E-state index in [1.807, 2.05) is 18.2 Å². The molecule has 2 aliphatic heterocycles. The summed E-state index contributed by atoms with van der Waals surface area (Å²) in [4.78, 5) is 27.6. The molecule has 35 heavy (non-hydrogen) atoms. The number of amides is 1. The maximum Gasteiger partial charge on any atom is 0.324 e. The van der Waals surface area contributed by atoms with Crippen LogP contribution in [0.15, 0.2) is 40.9 Å². The zero-order chi connectivity index (χ0) is 25.9. The number of carbonyl (C=O) groups excluding carboxylic acids is 2. The highest BCUT2D eigenvalue weighted by Gasteiger charge is 2.66. The number of rotatable bonds is 3. The Morgan fingerprint density at radius 1 is 1.17 bits per heavy atom. The van der Waals surface area contributed by atoms with Gasteiger partial charge in [0.15, 0.2) is 0 Å². The zero-order valence-electron chi connectivity index (χ0n) is 20.8. The normalized spacial score (nSPS) is 26.1. The lowest BCUT2D eigenvalue weighted by Gasteiger charge is -2.37. The molecule has 8 heteroatoms. The number of anilines is 1. The van der Waals surface area contributed by atoms with Crippen molar-refractivity contribution in [3.63, 3.8) is 0 Å². The third-order valence-electron chi connectivity index (χ3n) is 6.60. The summed E-state index contributed by atoms with van der Waals surface area (Å²) in [6, 6.07) is 8.86. The molecule has 1 saturated heterocycles. The lowest BCUT2D eigenvalue weighted by atomic mass is 9.62. The standard InChI is InChI=1S/C27H31BrClFN2O3/c1-25(2,3)13-19-27(16-11-10-14(28)12-18(16)31-24(27)34)20(15-8-7-9-17(29)21(15)30)22(32-19)23(33)35-26(4,5)6/h7-12,19-20,22,32H,13H2,1-6H3,(H,31,34)/t19-,20-,22+,27+/m0/s1. The fourth-order valence-electron chi connectivity index (χ4n) is 5.49. The minimum absolute atomic E-state index is 0.0608. The van der Waals surface area contributed by atoms with E-state index < -0.39 is 40.8 Å². The summed E-state index contributed by atoms with van der Waals surface area (Å²) >= 11 is 9.68. The molecule has 2 aromatic carbocycles. The van der Waals surface area contributed by atoms with E-state index in [9.17, 15) is 9.59 Å². The Labute approximate surface area is 219 Å². The Bertz CT molecular complexity index is 1190. The Kier molecular flexibility index (Phi) is 6.61. The van der Waals surface area contributed by atoms with Crippen molar-refractivity contribution in [3.8, 4) is 0 Å². The SMILES string of the molecule is CC(C)(C)C[C@@H]1N[C@@H](C(=O)OC(C)(C)C)[C@H](c2cccc(Cl)c2F)[C@]12C(=O)Nc1cc(Br)ccc12. The van der Waals surface area contributed by atoms with E-state index in [4.69, 9.17) is 16.3 Å². The molecule has 2 heterocycles. The van der Waals surface area contributed by atoms with Crippen LogP contribution in [0.25, 0.3) is 0 Å². The molecule has 0 aliphatic carbocycles. The molecule has 4 atom stereocenters. The predicted octanol–water partition coefficient (Wildman–Crippen LogP) is 6.33. The predicted molar refractivity (Wildman–Crippen MR) is 139 cm³/mol. The van der Waals surface area contributed by atoms with Crippen molar-refractivity contribution in [2.45, 2.75) is 77.0 Å². The number of esters is 1. The van der Waals surface area contributed by atoms with Crippen molar-refractivity contribution in [3.05, 3.63) is 62.8 Å². The third kappa shape index (κ3) is 4.63. The van der Waals surface area contributed by atoms with Gasteiger partial charge in [0.2, 0.25) is 5.91 Å². The van der Waals surface area contributed by atoms with Gasteiger partial charge < -0.3 is 10.1 Å². The molecular formula is C27H31BrClFN2O3. The van der Waals surface area contributed by atoms with Gasteiger partial charge in [-0.2, -0.15) is 0 Å². The molecule has 4 rings (SSSR count). The smallest absolute Gasteiger partial charge is 0.324 e. The molecular weight excluding hydrogens is 535 g/mol. The molecule has 0 unspecified atom stereocenters. The van der Waals surface area contributed by atoms with Gasteiger partial charge in [-0.15, -0.1) is 0 Å². The maximum atomic E-state index is 15.6. The highest BCUT2D eigenvalue weighted by atomic mass is 79.9. The highest BCUT2D eigenvalue weighted by molar-refractivity contribution is 9.10. The fraction of sp³-hybridized carbons (Fsp3) is 0.481. The van der Waals surface area contributed by atoms with Crippen molar-refractivity contribution in [1.82, 2.24) is 5.32 Å². The topological polar surface area (TPSA) is 67.4 Å². The molecule has 0 radical (unpaired) electrons. The molecule has 5 nitrogen and oxygen atoms in total. The summed E-state index contributed by atoms with van der Waals surface area (Å²) in [6.07, 6.45) is 0.563. The van der Waals surface area contributed by atoms with Crippen molar-refractivity contribution >= 4 is 45.1 Å². The molecule has 0 aromatic heterocycles. The van der Waals surface area contributed by atoms with Crippen LogP contribution in [0.2, 0.25) is 5.02 Å². The first-order valence-electron chi connectivity index (χ1n) is 11.7. The van der Waals surface area contributed by atoms with Gasteiger partial charge in [0.1, 0.15) is 22.9 Å². The summed E-state index contributed by atoms with van der Waals surface area (Å²) in [7, 11) is 0. The number of halogens is 3. The van der Waals surface area contributed by atoms with Crippen LogP contribution in [0, 0.1) is 11.2 Å². The summed E-state index contributed by atoms with van der Waals surface area (Å²) < 4.78 is 22.2. The zero-order valence-corrected chi connectivity index (χ0v) is 23.1. The van der Waals surface area contributed by atoms with Crippen molar-refractivity contribution in [2.24, 2.45) is 5.41 Å². The van der Waals surface area contributed by atoms with Gasteiger partial charge in [-0.05, 0) is 61.9 Å². The number of benzene rings is 2. The Morgan fingerprint density at radius 3 is 2.49 bits per heavy atom. The molecule has 2 aliphatic rings. The Balaban J connectivity index is 2.01. The van der Waals surface area contributed by atoms with Gasteiger partial charge in [-0.25, -0.2) is 4.39 Å². The fourth-order valence-corrected chi connectivity index (χ4v) is 6.04. The minimum Gasteiger partial charge on any atom is -0.459 e. The van der Waals surface area contributed by atoms with E-state index in [2.05, 4.69) is 47.3 Å². The van der Waals surface area contributed by atoms with Crippen LogP contribution in [0.1, 0.15) is 65.0 Å². The van der Waals surface area contributed by atoms with Crippen LogP contribution < -0.4 is 10.6 Å². The highest BCUT2D eigenvalue weighted by Crippen LogP contribution is 2.57. The maximum absolute atomic E-state index is 15.6. The van der Waals surface area contributed by atoms with Crippen LogP contribution in [0.4, 0.5) is 10.1 Å². The number of hydrogen-bond donors (Lipinski definition) is 2. The van der Waals surface area contributed by atoms with Gasteiger partial charge in [-0.3, -0.25) is 14.9 Å². The average Bonchev–Trinajstić information content (AvgIpc) is 3.17. The van der Waals surface area contributed by atoms with Gasteiger partial charge in [0, 0.05) is 22.1 Å². The van der Waals surface area contributed by atoms with Crippen LogP contribution in [-0.4, -0.2) is 29.6 Å². The number of fused-ring (bicyclic) bond motifs is 2. The molecule has 0 bridgehead atoms. The largest absolute Gasteiger partial charge is 0.459 e. The van der Waals surface area contributed by atoms with Crippen molar-refractivity contribution < 1.29 is 18.7 Å². The molecule has 2 aromatic rings. The minimum atomic E-state index is -1.25. The second-order valence-electron chi connectivity index (χ2n) is 11.6. The van der Waals surface area contributed by atoms with E-state index in [-0.39, 0.29) is 21.9 Å². The number of ether oxygens (including phenoxy) is 1. The lowest BCUT2D eigenvalue weighted by molar-refractivity contribution is -0.157. The molecule has 2 N–H and O–H groups in total. The quantitative estimate of drug-likeness (QED) is 0.427. The Hall–Kier alpha value is -1.96. The summed E-state index contributed by atoms with van der Waals surface area (Å²) in [5, 5.41) is 6.38. The number of nitrogens with one attached hydrogen (secondary N) is 2. The molecule has 188 valence electrons. The molecule has 1 fully saturated rings. The van der Waals surface area contributed by atoms with E-state index >= 15 is 4.39 Å². The van der Waals surface area contributed by atoms with Gasteiger partial charge >= 0.3 is 5.97 Å². The second-order valence-corrected chi connectivity index (χ2v) is 13.0. The average molecular weight is 566 g/mol. The summed E-state index contributed by atoms with van der Waals surface area (Å²) in [5.74, 6) is -2.33. The van der Waals surface area contributed by atoms with E-state index in [0.29, 0.717) is 12.1 Å². The van der Waals surface area contributed by atoms with Gasteiger partial charge in [-0.1, -0.05) is 66.5 Å². The molecule has 0 saturated carbocycles. The first-order chi connectivity index (χ1) is 16.1. The lowest BCUT2D eigenvalue weighted by Crippen LogP contribution is -2.49. The molecule has 1 spiro atoms. The van der Waals surface area contributed by atoms with E-state index in [0.717, 1.165) is 10.0 Å². The van der Waals surface area contributed by atoms with Gasteiger partial charge in [0.05, 0.1) is 5.02 Å². The third-order valence-corrected chi connectivity index (χ3v) is 7.38. The van der Waals surface area contributed by atoms with Crippen LogP contribution >= 0.6 is 27.5 Å². The first-order valence-corrected chi connectivity index (χ1v) is 12.9. The van der Waals surface area contributed by atoms with E-state index in [1.54, 1.807) is 32.9 Å². The second kappa shape index (κ2) is 8.86. The van der Waals surface area contributed by atoms with Crippen LogP contribution in [0.3, 0.4) is 0 Å². The van der Waals surface area contributed by atoms with Crippen molar-refractivity contribution in [1.29, 1.82) is 0 Å². The monoisotopic (exact) mass is 564 g/mol. The van der Waals surface area contributed by atoms with Crippen molar-refractivity contribution in [2.75, 3.05) is 5.32 Å². The summed E-state index contributed by atoms with van der Waals surface area (Å²) in [5.41, 5.74) is -0.625. The van der Waals surface area contributed by atoms with Crippen LogP contribution in [-0.2, 0) is 19.7 Å². The number of hydrogen-bond acceptors (Lipinski definition) is 4. The first kappa shape index (κ1) is 26.1. The summed E-state index contributed by atoms with van der Waals surface area (Å²) in [6.45, 7) is 11.6. The molecule has 1 amide bonds. The Morgan fingerprint density at radius 2 is 1.86 bits per heavy atom. The van der Waals surface area contributed by atoms with E-state index in [1.165, 1.54) is 6.07 Å².